The van der Waals surface area contributed by atoms with Crippen LogP contribution in [-0.2, 0) is 4.84 Å². The van der Waals surface area contributed by atoms with Crippen molar-refractivity contribution in [2.24, 2.45) is 5.92 Å². The van der Waals surface area contributed by atoms with Crippen LogP contribution in [0.25, 0.3) is 0 Å². The van der Waals surface area contributed by atoms with Gasteiger partial charge in [-0.15, -0.1) is 6.58 Å². The smallest absolute Gasteiger partial charge is 0.0682 e. The van der Waals surface area contributed by atoms with E-state index in [-0.39, 0.29) is 0 Å². The third kappa shape index (κ3) is 13.3. The Morgan fingerprint density at radius 1 is 1.29 bits per heavy atom. The fourth-order valence-electron chi connectivity index (χ4n) is 1.28. The van der Waals surface area contributed by atoms with Crippen molar-refractivity contribution < 1.29 is 4.84 Å². The monoisotopic (exact) mass is 241 g/mol. The maximum atomic E-state index is 5.60. The van der Waals surface area contributed by atoms with Gasteiger partial charge in [-0.2, -0.15) is 5.06 Å². The van der Waals surface area contributed by atoms with Crippen LogP contribution in [0.15, 0.2) is 24.8 Å². The van der Waals surface area contributed by atoms with E-state index in [0.29, 0.717) is 5.92 Å². The molecule has 0 N–H and O–H groups in total. The van der Waals surface area contributed by atoms with Crippen LogP contribution >= 0.6 is 0 Å². The van der Waals surface area contributed by atoms with Crippen molar-refractivity contribution in [3.8, 4) is 0 Å². The standard InChI is InChI=1S/C13H25NO.C2H6/c1-5-8-9-10-13(4)12-14(7-3)15-11-6-2;1-2/h5,9-10,13H,1,6-8,11-12H2,2-4H3;1-2H3/b10-9-;. The van der Waals surface area contributed by atoms with E-state index in [1.807, 2.05) is 25.0 Å². The Kier molecular flexibility index (Phi) is 17.0. The molecule has 0 rings (SSSR count). The third-order valence-electron chi connectivity index (χ3n) is 2.09. The molecule has 102 valence electrons. The molecule has 0 heterocycles. The first kappa shape index (κ1) is 18.8. The SMILES string of the molecule is C=CC/C=C\C(C)CN(CC)OCCC.CC. The van der Waals surface area contributed by atoms with Gasteiger partial charge in [0, 0.05) is 13.1 Å². The van der Waals surface area contributed by atoms with Gasteiger partial charge in [0.05, 0.1) is 6.61 Å². The Labute approximate surface area is 108 Å². The first-order chi connectivity index (χ1) is 8.24. The Morgan fingerprint density at radius 3 is 2.41 bits per heavy atom. The van der Waals surface area contributed by atoms with Gasteiger partial charge in [0.15, 0.2) is 0 Å². The molecule has 0 saturated heterocycles. The second-order valence-corrected chi connectivity index (χ2v) is 3.74. The second kappa shape index (κ2) is 15.4. The summed E-state index contributed by atoms with van der Waals surface area (Å²) in [5, 5.41) is 2.03. The highest BCUT2D eigenvalue weighted by molar-refractivity contribution is 4.91. The number of rotatable bonds is 9. The van der Waals surface area contributed by atoms with E-state index >= 15 is 0 Å². The van der Waals surface area contributed by atoms with Crippen LogP contribution in [0.2, 0.25) is 0 Å². The van der Waals surface area contributed by atoms with Crippen LogP contribution in [0.1, 0.15) is 47.5 Å². The molecule has 2 heteroatoms. The second-order valence-electron chi connectivity index (χ2n) is 3.74. The summed E-state index contributed by atoms with van der Waals surface area (Å²) in [6, 6.07) is 0. The first-order valence-corrected chi connectivity index (χ1v) is 6.89. The fraction of sp³-hybridized carbons (Fsp3) is 0.733. The van der Waals surface area contributed by atoms with Crippen molar-refractivity contribution in [1.82, 2.24) is 5.06 Å². The lowest BCUT2D eigenvalue weighted by Gasteiger charge is -2.21. The lowest BCUT2D eigenvalue weighted by Crippen LogP contribution is -2.28. The zero-order valence-electron chi connectivity index (χ0n) is 12.4. The zero-order chi connectivity index (χ0) is 13.5. The molecule has 0 spiro atoms. The van der Waals surface area contributed by atoms with Gasteiger partial charge >= 0.3 is 0 Å². The molecule has 0 aromatic carbocycles. The molecule has 0 bridgehead atoms. The van der Waals surface area contributed by atoms with Crippen LogP contribution in [0.3, 0.4) is 0 Å². The highest BCUT2D eigenvalue weighted by Crippen LogP contribution is 2.03. The van der Waals surface area contributed by atoms with Crippen molar-refractivity contribution in [1.29, 1.82) is 0 Å². The van der Waals surface area contributed by atoms with E-state index in [1.54, 1.807) is 0 Å². The van der Waals surface area contributed by atoms with Gasteiger partial charge in [-0.1, -0.05) is 52.8 Å². The highest BCUT2D eigenvalue weighted by Gasteiger charge is 2.05. The molecule has 1 unspecified atom stereocenters. The summed E-state index contributed by atoms with van der Waals surface area (Å²) in [6.45, 7) is 16.9. The zero-order valence-corrected chi connectivity index (χ0v) is 12.4. The van der Waals surface area contributed by atoms with E-state index in [2.05, 4.69) is 39.5 Å². The van der Waals surface area contributed by atoms with Gasteiger partial charge in [0.1, 0.15) is 0 Å². The Bertz CT molecular complexity index is 178. The van der Waals surface area contributed by atoms with Crippen molar-refractivity contribution in [2.45, 2.75) is 47.5 Å². The van der Waals surface area contributed by atoms with Gasteiger partial charge in [0.2, 0.25) is 0 Å². The largest absolute Gasteiger partial charge is 0.299 e. The molecule has 0 radical (unpaired) electrons. The third-order valence-corrected chi connectivity index (χ3v) is 2.09. The summed E-state index contributed by atoms with van der Waals surface area (Å²) < 4.78 is 0. The maximum absolute atomic E-state index is 5.60. The summed E-state index contributed by atoms with van der Waals surface area (Å²) in [7, 11) is 0. The molecule has 0 aliphatic carbocycles. The van der Waals surface area contributed by atoms with Crippen LogP contribution in [-0.4, -0.2) is 24.8 Å². The lowest BCUT2D eigenvalue weighted by atomic mass is 10.1. The summed E-state index contributed by atoms with van der Waals surface area (Å²) in [4.78, 5) is 5.60. The topological polar surface area (TPSA) is 12.5 Å². The van der Waals surface area contributed by atoms with Crippen molar-refractivity contribution >= 4 is 0 Å². The first-order valence-electron chi connectivity index (χ1n) is 6.89. The van der Waals surface area contributed by atoms with Crippen molar-refractivity contribution in [3.63, 3.8) is 0 Å². The van der Waals surface area contributed by atoms with Gasteiger partial charge in [-0.05, 0) is 18.8 Å². The van der Waals surface area contributed by atoms with Crippen LogP contribution in [0.5, 0.6) is 0 Å². The summed E-state index contributed by atoms with van der Waals surface area (Å²) >= 11 is 0. The molecule has 0 aromatic heterocycles. The fourth-order valence-corrected chi connectivity index (χ4v) is 1.28. The minimum atomic E-state index is 0.529. The molecular formula is C15H31NO. The maximum Gasteiger partial charge on any atom is 0.0682 e. The summed E-state index contributed by atoms with van der Waals surface area (Å²) in [5.41, 5.74) is 0. The minimum absolute atomic E-state index is 0.529. The number of nitrogens with zero attached hydrogens (tertiary/aromatic N) is 1. The van der Waals surface area contributed by atoms with E-state index in [0.717, 1.165) is 32.5 Å². The number of hydrogen-bond donors (Lipinski definition) is 0. The normalized spacial score (nSPS) is 12.4. The molecular weight excluding hydrogens is 210 g/mol. The predicted molar refractivity (Wildman–Crippen MR) is 78.0 cm³/mol. The van der Waals surface area contributed by atoms with Gasteiger partial charge in [-0.3, -0.25) is 4.84 Å². The van der Waals surface area contributed by atoms with Crippen LogP contribution in [0, 0.1) is 5.92 Å². The van der Waals surface area contributed by atoms with Gasteiger partial charge in [-0.25, -0.2) is 0 Å². The Morgan fingerprint density at radius 2 is 1.94 bits per heavy atom. The van der Waals surface area contributed by atoms with Crippen molar-refractivity contribution in [3.05, 3.63) is 24.8 Å². The summed E-state index contributed by atoms with van der Waals surface area (Å²) in [6.07, 6.45) is 8.31. The molecule has 0 saturated carbocycles. The van der Waals surface area contributed by atoms with E-state index in [1.165, 1.54) is 0 Å². The Balaban J connectivity index is 0. The van der Waals surface area contributed by atoms with E-state index in [9.17, 15) is 0 Å². The molecule has 0 fully saturated rings. The lowest BCUT2D eigenvalue weighted by molar-refractivity contribution is -0.160. The highest BCUT2D eigenvalue weighted by atomic mass is 16.7. The predicted octanol–water partition coefficient (Wildman–Crippen LogP) is 4.44. The number of hydroxylamine groups is 2. The van der Waals surface area contributed by atoms with E-state index < -0.39 is 0 Å². The molecule has 0 aromatic rings. The molecule has 2 nitrogen and oxygen atoms in total. The molecule has 1 atom stereocenters. The average molecular weight is 241 g/mol. The van der Waals surface area contributed by atoms with Crippen molar-refractivity contribution in [2.75, 3.05) is 19.7 Å². The number of allylic oxidation sites excluding steroid dienone is 2. The van der Waals surface area contributed by atoms with Gasteiger partial charge < -0.3 is 0 Å². The molecule has 17 heavy (non-hydrogen) atoms. The molecule has 0 aliphatic heterocycles. The summed E-state index contributed by atoms with van der Waals surface area (Å²) in [5.74, 6) is 0.529. The quantitative estimate of drug-likeness (QED) is 0.437. The van der Waals surface area contributed by atoms with Crippen LogP contribution < -0.4 is 0 Å². The van der Waals surface area contributed by atoms with Crippen LogP contribution in [0.4, 0.5) is 0 Å². The number of hydrogen-bond acceptors (Lipinski definition) is 2. The minimum Gasteiger partial charge on any atom is -0.299 e. The van der Waals surface area contributed by atoms with E-state index in [4.69, 9.17) is 4.84 Å². The average Bonchev–Trinajstić information content (AvgIpc) is 2.37. The van der Waals surface area contributed by atoms with Gasteiger partial charge in [0.25, 0.3) is 0 Å². The molecule has 0 aliphatic rings. The molecule has 0 amide bonds. The Hall–Kier alpha value is -0.600.